The second kappa shape index (κ2) is 7.22. The third-order valence-corrected chi connectivity index (χ3v) is 3.70. The molecule has 1 atom stereocenters. The SMILES string of the molecule is C[C@@H]1CN(C(=O)Cc2ccc(Br)c(F)c2)CCN1.Cl. The molecule has 19 heavy (non-hydrogen) atoms. The van der Waals surface area contributed by atoms with E-state index in [1.165, 1.54) is 6.07 Å². The molecule has 0 aliphatic carbocycles. The highest BCUT2D eigenvalue weighted by Gasteiger charge is 2.20. The lowest BCUT2D eigenvalue weighted by atomic mass is 10.1. The summed E-state index contributed by atoms with van der Waals surface area (Å²) in [6, 6.07) is 5.15. The second-order valence-electron chi connectivity index (χ2n) is 4.62. The molecule has 106 valence electrons. The minimum absolute atomic E-state index is 0. The van der Waals surface area contributed by atoms with E-state index in [1.54, 1.807) is 12.1 Å². The molecule has 1 aliphatic rings. The summed E-state index contributed by atoms with van der Waals surface area (Å²) in [5.41, 5.74) is 0.715. The van der Waals surface area contributed by atoms with Gasteiger partial charge in [-0.1, -0.05) is 6.07 Å². The average molecular weight is 352 g/mol. The average Bonchev–Trinajstić information content (AvgIpc) is 2.34. The number of amides is 1. The molecule has 0 spiro atoms. The first kappa shape index (κ1) is 16.4. The molecule has 1 saturated heterocycles. The zero-order chi connectivity index (χ0) is 13.1. The Hall–Kier alpha value is -0.650. The van der Waals surface area contributed by atoms with E-state index in [-0.39, 0.29) is 30.6 Å². The lowest BCUT2D eigenvalue weighted by Crippen LogP contribution is -2.51. The molecule has 0 bridgehead atoms. The first-order chi connectivity index (χ1) is 8.56. The maximum atomic E-state index is 13.4. The lowest BCUT2D eigenvalue weighted by molar-refractivity contribution is -0.131. The van der Waals surface area contributed by atoms with Crippen molar-refractivity contribution in [1.29, 1.82) is 0 Å². The molecule has 6 heteroatoms. The number of carbonyl (C=O) groups is 1. The molecule has 1 amide bonds. The Kier molecular flexibility index (Phi) is 6.23. The van der Waals surface area contributed by atoms with Gasteiger partial charge in [-0.05, 0) is 40.5 Å². The lowest BCUT2D eigenvalue weighted by Gasteiger charge is -2.32. The number of nitrogens with zero attached hydrogens (tertiary/aromatic N) is 1. The van der Waals surface area contributed by atoms with E-state index >= 15 is 0 Å². The Morgan fingerprint density at radius 2 is 2.32 bits per heavy atom. The number of carbonyl (C=O) groups excluding carboxylic acids is 1. The molecule has 1 heterocycles. The Morgan fingerprint density at radius 1 is 1.58 bits per heavy atom. The molecule has 1 aromatic carbocycles. The van der Waals surface area contributed by atoms with Crippen LogP contribution in [0, 0.1) is 5.82 Å². The predicted molar refractivity (Wildman–Crippen MR) is 79.1 cm³/mol. The van der Waals surface area contributed by atoms with Crippen LogP contribution in [0.1, 0.15) is 12.5 Å². The topological polar surface area (TPSA) is 32.3 Å². The van der Waals surface area contributed by atoms with E-state index in [4.69, 9.17) is 0 Å². The van der Waals surface area contributed by atoms with Gasteiger partial charge in [-0.3, -0.25) is 4.79 Å². The summed E-state index contributed by atoms with van der Waals surface area (Å²) < 4.78 is 13.8. The monoisotopic (exact) mass is 350 g/mol. The maximum absolute atomic E-state index is 13.4. The summed E-state index contributed by atoms with van der Waals surface area (Å²) in [5.74, 6) is -0.265. The molecule has 1 N–H and O–H groups in total. The van der Waals surface area contributed by atoms with Gasteiger partial charge in [-0.15, -0.1) is 12.4 Å². The van der Waals surface area contributed by atoms with E-state index in [0.29, 0.717) is 16.1 Å². The molecule has 0 unspecified atom stereocenters. The number of halogens is 3. The molecule has 0 aromatic heterocycles. The molecular formula is C13H17BrClFN2O. The van der Waals surface area contributed by atoms with Crippen molar-refractivity contribution in [1.82, 2.24) is 10.2 Å². The van der Waals surface area contributed by atoms with Crippen molar-refractivity contribution in [3.8, 4) is 0 Å². The Morgan fingerprint density at radius 3 is 2.95 bits per heavy atom. The largest absolute Gasteiger partial charge is 0.340 e. The van der Waals surface area contributed by atoms with Crippen molar-refractivity contribution in [2.24, 2.45) is 0 Å². The number of rotatable bonds is 2. The minimum atomic E-state index is -0.325. The van der Waals surface area contributed by atoms with Gasteiger partial charge < -0.3 is 10.2 Å². The van der Waals surface area contributed by atoms with Gasteiger partial charge in [0.05, 0.1) is 10.9 Å². The van der Waals surface area contributed by atoms with Crippen LogP contribution in [0.4, 0.5) is 4.39 Å². The first-order valence-corrected chi connectivity index (χ1v) is 6.80. The fourth-order valence-corrected chi connectivity index (χ4v) is 2.34. The van der Waals surface area contributed by atoms with Crippen LogP contribution in [-0.4, -0.2) is 36.5 Å². The molecule has 1 aromatic rings. The minimum Gasteiger partial charge on any atom is -0.340 e. The number of hydrogen-bond acceptors (Lipinski definition) is 2. The van der Waals surface area contributed by atoms with Crippen molar-refractivity contribution in [2.45, 2.75) is 19.4 Å². The number of hydrogen-bond donors (Lipinski definition) is 1. The van der Waals surface area contributed by atoms with Gasteiger partial charge in [-0.25, -0.2) is 4.39 Å². The van der Waals surface area contributed by atoms with E-state index in [9.17, 15) is 9.18 Å². The zero-order valence-corrected chi connectivity index (χ0v) is 13.1. The highest BCUT2D eigenvalue weighted by Crippen LogP contribution is 2.17. The fourth-order valence-electron chi connectivity index (χ4n) is 2.09. The van der Waals surface area contributed by atoms with Crippen molar-refractivity contribution >= 4 is 34.2 Å². The summed E-state index contributed by atoms with van der Waals surface area (Å²) >= 11 is 3.10. The highest BCUT2D eigenvalue weighted by atomic mass is 79.9. The van der Waals surface area contributed by atoms with Crippen molar-refractivity contribution in [2.75, 3.05) is 19.6 Å². The number of nitrogens with one attached hydrogen (secondary N) is 1. The molecule has 3 nitrogen and oxygen atoms in total. The van der Waals surface area contributed by atoms with Gasteiger partial charge >= 0.3 is 0 Å². The van der Waals surface area contributed by atoms with E-state index < -0.39 is 0 Å². The van der Waals surface area contributed by atoms with Gasteiger partial charge in [0, 0.05) is 25.7 Å². The van der Waals surface area contributed by atoms with Crippen LogP contribution in [0.3, 0.4) is 0 Å². The smallest absolute Gasteiger partial charge is 0.227 e. The fraction of sp³-hybridized carbons (Fsp3) is 0.462. The third kappa shape index (κ3) is 4.44. The van der Waals surface area contributed by atoms with Crippen molar-refractivity contribution in [3.05, 3.63) is 34.1 Å². The van der Waals surface area contributed by atoms with Gasteiger partial charge in [0.15, 0.2) is 0 Å². The molecule has 1 aliphatic heterocycles. The summed E-state index contributed by atoms with van der Waals surface area (Å²) in [4.78, 5) is 13.9. The van der Waals surface area contributed by atoms with Crippen LogP contribution in [0.15, 0.2) is 22.7 Å². The molecular weight excluding hydrogens is 335 g/mol. The Balaban J connectivity index is 0.00000180. The van der Waals surface area contributed by atoms with Gasteiger partial charge in [0.2, 0.25) is 5.91 Å². The van der Waals surface area contributed by atoms with Crippen LogP contribution < -0.4 is 5.32 Å². The Bertz CT molecular complexity index is 458. The second-order valence-corrected chi connectivity index (χ2v) is 5.47. The number of benzene rings is 1. The zero-order valence-electron chi connectivity index (χ0n) is 10.7. The summed E-state index contributed by atoms with van der Waals surface area (Å²) in [6.07, 6.45) is 0.261. The van der Waals surface area contributed by atoms with Gasteiger partial charge in [0.1, 0.15) is 5.82 Å². The maximum Gasteiger partial charge on any atom is 0.227 e. The van der Waals surface area contributed by atoms with Crippen LogP contribution in [0.5, 0.6) is 0 Å². The molecule has 2 rings (SSSR count). The van der Waals surface area contributed by atoms with E-state index in [1.807, 2.05) is 4.90 Å². The van der Waals surface area contributed by atoms with Crippen LogP contribution in [-0.2, 0) is 11.2 Å². The Labute approximate surface area is 127 Å². The van der Waals surface area contributed by atoms with Crippen LogP contribution >= 0.6 is 28.3 Å². The van der Waals surface area contributed by atoms with E-state index in [0.717, 1.165) is 19.6 Å². The molecule has 1 fully saturated rings. The first-order valence-electron chi connectivity index (χ1n) is 6.01. The van der Waals surface area contributed by atoms with Crippen molar-refractivity contribution in [3.63, 3.8) is 0 Å². The normalized spacial score (nSPS) is 18.9. The van der Waals surface area contributed by atoms with Crippen LogP contribution in [0.2, 0.25) is 0 Å². The molecule has 0 radical (unpaired) electrons. The summed E-state index contributed by atoms with van der Waals surface area (Å²) in [6.45, 7) is 4.32. The standard InChI is InChI=1S/C13H16BrFN2O.ClH/c1-9-8-17(5-4-16-9)13(18)7-10-2-3-11(14)12(15)6-10;/h2-3,6,9,16H,4-5,7-8H2,1H3;1H/t9-;/m1./s1. The van der Waals surface area contributed by atoms with Gasteiger partial charge in [-0.2, -0.15) is 0 Å². The summed E-state index contributed by atoms with van der Waals surface area (Å²) in [7, 11) is 0. The van der Waals surface area contributed by atoms with E-state index in [2.05, 4.69) is 28.2 Å². The van der Waals surface area contributed by atoms with Crippen molar-refractivity contribution < 1.29 is 9.18 Å². The van der Waals surface area contributed by atoms with Gasteiger partial charge in [0.25, 0.3) is 0 Å². The highest BCUT2D eigenvalue weighted by molar-refractivity contribution is 9.10. The summed E-state index contributed by atoms with van der Waals surface area (Å²) in [5, 5.41) is 3.29. The predicted octanol–water partition coefficient (Wildman–Crippen LogP) is 2.37. The molecule has 0 saturated carbocycles. The van der Waals surface area contributed by atoms with Crippen LogP contribution in [0.25, 0.3) is 0 Å². The third-order valence-electron chi connectivity index (χ3n) is 3.06. The quantitative estimate of drug-likeness (QED) is 0.887. The number of piperazine rings is 1.